The van der Waals surface area contributed by atoms with Crippen LogP contribution >= 0.6 is 0 Å². The molecular formula is C8H18N2O2. The molecule has 3 N–H and O–H groups in total. The van der Waals surface area contributed by atoms with Crippen LogP contribution in [0.25, 0.3) is 0 Å². The predicted octanol–water partition coefficient (Wildman–Crippen LogP) is 0.322. The second-order valence-electron chi connectivity index (χ2n) is 3.30. The van der Waals surface area contributed by atoms with E-state index in [1.807, 2.05) is 20.8 Å². The van der Waals surface area contributed by atoms with Crippen molar-refractivity contribution in [2.45, 2.75) is 26.8 Å². The largest absolute Gasteiger partial charge is 0.396 e. The molecule has 0 fully saturated rings. The second kappa shape index (κ2) is 5.83. The Labute approximate surface area is 73.3 Å². The normalized spacial score (nSPS) is 12.8. The molecule has 0 spiro atoms. The zero-order valence-electron chi connectivity index (χ0n) is 7.92. The number of aliphatic hydroxyl groups is 1. The summed E-state index contributed by atoms with van der Waals surface area (Å²) in [5, 5.41) is 14.0. The molecule has 2 amide bonds. The van der Waals surface area contributed by atoms with E-state index in [0.29, 0.717) is 6.54 Å². The highest BCUT2D eigenvalue weighted by molar-refractivity contribution is 5.74. The van der Waals surface area contributed by atoms with Crippen LogP contribution in [0.3, 0.4) is 0 Å². The zero-order chi connectivity index (χ0) is 9.56. The van der Waals surface area contributed by atoms with Crippen molar-refractivity contribution in [3.05, 3.63) is 0 Å². The number of nitrogens with one attached hydrogen (secondary N) is 2. The number of amides is 2. The first-order valence-corrected chi connectivity index (χ1v) is 4.21. The van der Waals surface area contributed by atoms with Crippen LogP contribution < -0.4 is 10.6 Å². The van der Waals surface area contributed by atoms with Crippen molar-refractivity contribution in [3.8, 4) is 0 Å². The van der Waals surface area contributed by atoms with Crippen LogP contribution in [0, 0.1) is 5.92 Å². The van der Waals surface area contributed by atoms with Gasteiger partial charge in [-0.1, -0.05) is 6.92 Å². The third-order valence-electron chi connectivity index (χ3n) is 1.34. The molecule has 1 unspecified atom stereocenters. The minimum atomic E-state index is -0.176. The maximum Gasteiger partial charge on any atom is 0.314 e. The number of aliphatic hydroxyl groups excluding tert-OH is 1. The lowest BCUT2D eigenvalue weighted by Crippen LogP contribution is -2.41. The Hall–Kier alpha value is -0.770. The Bertz CT molecular complexity index is 137. The molecule has 12 heavy (non-hydrogen) atoms. The topological polar surface area (TPSA) is 61.4 Å². The average molecular weight is 174 g/mol. The average Bonchev–Trinajstić information content (AvgIpc) is 1.99. The highest BCUT2D eigenvalue weighted by Crippen LogP contribution is 1.88. The first kappa shape index (κ1) is 11.2. The van der Waals surface area contributed by atoms with Gasteiger partial charge in [0.15, 0.2) is 0 Å². The number of urea groups is 1. The van der Waals surface area contributed by atoms with Crippen LogP contribution in [0.5, 0.6) is 0 Å². The van der Waals surface area contributed by atoms with Crippen molar-refractivity contribution in [1.82, 2.24) is 10.6 Å². The fourth-order valence-electron chi connectivity index (χ4n) is 0.645. The molecule has 0 rings (SSSR count). The van der Waals surface area contributed by atoms with E-state index < -0.39 is 0 Å². The minimum absolute atomic E-state index is 0.0992. The van der Waals surface area contributed by atoms with Gasteiger partial charge in [0.05, 0.1) is 0 Å². The van der Waals surface area contributed by atoms with Crippen LogP contribution in [0.2, 0.25) is 0 Å². The van der Waals surface area contributed by atoms with E-state index in [1.165, 1.54) is 0 Å². The summed E-state index contributed by atoms with van der Waals surface area (Å²) >= 11 is 0. The first-order valence-electron chi connectivity index (χ1n) is 4.21. The van der Waals surface area contributed by atoms with Gasteiger partial charge in [-0.3, -0.25) is 0 Å². The first-order chi connectivity index (χ1) is 5.56. The maximum atomic E-state index is 11.0. The molecule has 0 radical (unpaired) electrons. The summed E-state index contributed by atoms with van der Waals surface area (Å²) in [7, 11) is 0. The SMILES string of the molecule is CC(CO)CNC(=O)NC(C)C. The molecule has 1 atom stereocenters. The van der Waals surface area contributed by atoms with E-state index in [4.69, 9.17) is 5.11 Å². The summed E-state index contributed by atoms with van der Waals surface area (Å²) < 4.78 is 0. The monoisotopic (exact) mass is 174 g/mol. The molecule has 0 bridgehead atoms. The highest BCUT2D eigenvalue weighted by Gasteiger charge is 2.04. The van der Waals surface area contributed by atoms with Crippen molar-refractivity contribution in [2.24, 2.45) is 5.92 Å². The molecule has 0 aromatic heterocycles. The molecule has 0 aromatic carbocycles. The molecule has 4 nitrogen and oxygen atoms in total. The lowest BCUT2D eigenvalue weighted by Gasteiger charge is -2.12. The van der Waals surface area contributed by atoms with E-state index in [2.05, 4.69) is 10.6 Å². The van der Waals surface area contributed by atoms with Crippen molar-refractivity contribution in [1.29, 1.82) is 0 Å². The molecule has 4 heteroatoms. The Balaban J connectivity index is 3.44. The third kappa shape index (κ3) is 5.97. The van der Waals surface area contributed by atoms with Crippen LogP contribution in [-0.2, 0) is 0 Å². The van der Waals surface area contributed by atoms with Crippen molar-refractivity contribution in [2.75, 3.05) is 13.2 Å². The number of carbonyl (C=O) groups excluding carboxylic acids is 1. The summed E-state index contributed by atoms with van der Waals surface area (Å²) in [4.78, 5) is 11.0. The smallest absolute Gasteiger partial charge is 0.314 e. The van der Waals surface area contributed by atoms with Gasteiger partial charge in [0.25, 0.3) is 0 Å². The molecule has 0 saturated heterocycles. The molecule has 0 aliphatic rings. The van der Waals surface area contributed by atoms with Gasteiger partial charge in [-0.15, -0.1) is 0 Å². The van der Waals surface area contributed by atoms with Crippen molar-refractivity contribution >= 4 is 6.03 Å². The fraction of sp³-hybridized carbons (Fsp3) is 0.875. The van der Waals surface area contributed by atoms with Crippen LogP contribution in [0.15, 0.2) is 0 Å². The van der Waals surface area contributed by atoms with E-state index in [0.717, 1.165) is 0 Å². The van der Waals surface area contributed by atoms with E-state index in [-0.39, 0.29) is 24.6 Å². The van der Waals surface area contributed by atoms with Crippen molar-refractivity contribution < 1.29 is 9.90 Å². The second-order valence-corrected chi connectivity index (χ2v) is 3.30. The summed E-state index contributed by atoms with van der Waals surface area (Å²) in [5.74, 6) is 0.114. The molecule has 0 aromatic rings. The van der Waals surface area contributed by atoms with Crippen LogP contribution in [0.1, 0.15) is 20.8 Å². The summed E-state index contributed by atoms with van der Waals surface area (Å²) in [6.45, 7) is 6.27. The van der Waals surface area contributed by atoms with E-state index >= 15 is 0 Å². The van der Waals surface area contributed by atoms with Crippen molar-refractivity contribution in [3.63, 3.8) is 0 Å². The van der Waals surface area contributed by atoms with Gasteiger partial charge in [-0.25, -0.2) is 4.79 Å². The Morgan fingerprint density at radius 1 is 1.42 bits per heavy atom. The fourth-order valence-corrected chi connectivity index (χ4v) is 0.645. The van der Waals surface area contributed by atoms with Gasteiger partial charge in [-0.05, 0) is 19.8 Å². The molecule has 0 aliphatic heterocycles. The quantitative estimate of drug-likeness (QED) is 0.575. The highest BCUT2D eigenvalue weighted by atomic mass is 16.3. The summed E-state index contributed by atoms with van der Waals surface area (Å²) in [6, 6.07) is -0.0280. The lowest BCUT2D eigenvalue weighted by molar-refractivity contribution is 0.221. The summed E-state index contributed by atoms with van der Waals surface area (Å²) in [6.07, 6.45) is 0. The van der Waals surface area contributed by atoms with E-state index in [1.54, 1.807) is 0 Å². The number of carbonyl (C=O) groups is 1. The van der Waals surface area contributed by atoms with E-state index in [9.17, 15) is 4.79 Å². The number of hydrogen-bond acceptors (Lipinski definition) is 2. The molecule has 0 saturated carbocycles. The minimum Gasteiger partial charge on any atom is -0.396 e. The van der Waals surface area contributed by atoms with Gasteiger partial charge in [0.1, 0.15) is 0 Å². The van der Waals surface area contributed by atoms with Gasteiger partial charge >= 0.3 is 6.03 Å². The summed E-state index contributed by atoms with van der Waals surface area (Å²) in [5.41, 5.74) is 0. The standard InChI is InChI=1S/C8H18N2O2/c1-6(2)10-8(12)9-4-7(3)5-11/h6-7,11H,4-5H2,1-3H3,(H2,9,10,12). The van der Waals surface area contributed by atoms with Gasteiger partial charge < -0.3 is 15.7 Å². The molecule has 0 heterocycles. The van der Waals surface area contributed by atoms with Crippen LogP contribution in [-0.4, -0.2) is 30.3 Å². The van der Waals surface area contributed by atoms with Crippen LogP contribution in [0.4, 0.5) is 4.79 Å². The van der Waals surface area contributed by atoms with Gasteiger partial charge in [0.2, 0.25) is 0 Å². The number of hydrogen-bond donors (Lipinski definition) is 3. The Morgan fingerprint density at radius 3 is 2.42 bits per heavy atom. The maximum absolute atomic E-state index is 11.0. The lowest BCUT2D eigenvalue weighted by atomic mass is 10.2. The number of rotatable bonds is 4. The zero-order valence-corrected chi connectivity index (χ0v) is 7.92. The molecular weight excluding hydrogens is 156 g/mol. The van der Waals surface area contributed by atoms with Gasteiger partial charge in [-0.2, -0.15) is 0 Å². The Kier molecular flexibility index (Phi) is 5.45. The Morgan fingerprint density at radius 2 is 2.00 bits per heavy atom. The molecule has 72 valence electrons. The molecule has 0 aliphatic carbocycles. The predicted molar refractivity (Wildman–Crippen MR) is 47.9 cm³/mol. The third-order valence-corrected chi connectivity index (χ3v) is 1.34. The van der Waals surface area contributed by atoms with Gasteiger partial charge in [0, 0.05) is 19.2 Å².